The molecule has 8 aromatic rings. The average Bonchev–Trinajstić information content (AvgIpc) is 3.78. The largest absolute Gasteiger partial charge is 0.457 e. The molecule has 0 saturated heterocycles. The average molecular weight is 831 g/mol. The van der Waals surface area contributed by atoms with Crippen molar-refractivity contribution >= 4 is 44.6 Å². The molecule has 0 aliphatic carbocycles. The second-order valence-corrected chi connectivity index (χ2v) is 21.6. The van der Waals surface area contributed by atoms with Gasteiger partial charge < -0.3 is 14.5 Å². The van der Waals surface area contributed by atoms with Crippen molar-refractivity contribution in [3.8, 4) is 28.4 Å². The zero-order chi connectivity index (χ0) is 44.6. The smallest absolute Gasteiger partial charge is 0.137 e. The Bertz CT molecular complexity index is 2970. The molecule has 5 heteroatoms. The third-order valence-electron chi connectivity index (χ3n) is 12.7. The molecule has 3 heterocycles. The normalized spacial score (nSPS) is 13.6. The minimum atomic E-state index is -0.0158. The lowest BCUT2D eigenvalue weighted by molar-refractivity contribution is 0.483. The van der Waals surface area contributed by atoms with E-state index in [4.69, 9.17) is 9.72 Å². The maximum absolute atomic E-state index is 6.84. The molecule has 6 aromatic carbocycles. The zero-order valence-electron chi connectivity index (χ0n) is 39.3. The van der Waals surface area contributed by atoms with Crippen LogP contribution in [0.2, 0.25) is 0 Å². The maximum atomic E-state index is 6.84. The van der Waals surface area contributed by atoms with Gasteiger partial charge in [0.2, 0.25) is 0 Å². The van der Waals surface area contributed by atoms with E-state index in [-0.39, 0.29) is 21.7 Å². The molecule has 63 heavy (non-hydrogen) atoms. The Hall–Kier alpha value is -6.33. The standard InChI is InChI=1S/C58H62N4O/c1-55(2,3)40-22-26-50-49(33-40)48-24-23-47(36-52(48)62(50)54-34-41(27-28-59-54)56(4,5)6)63-46-20-16-19-44(35-46)60-37-61(45-31-42(57(7,8)9)30-43(32-45)58(10,11)12)53-29-39(21-25-51(53)60)38-17-14-13-15-18-38/h13-36H,37H2,1-12H3. The molecule has 0 atom stereocenters. The fraction of sp³-hybridized carbons (Fsp3) is 0.293. The van der Waals surface area contributed by atoms with Crippen LogP contribution in [0.4, 0.5) is 22.7 Å². The van der Waals surface area contributed by atoms with E-state index in [2.05, 4.69) is 237 Å². The highest BCUT2D eigenvalue weighted by atomic mass is 16.5. The third kappa shape index (κ3) is 8.10. The van der Waals surface area contributed by atoms with E-state index < -0.39 is 0 Å². The predicted octanol–water partition coefficient (Wildman–Crippen LogP) is 16.1. The van der Waals surface area contributed by atoms with Crippen molar-refractivity contribution in [2.45, 2.75) is 105 Å². The molecule has 0 bridgehead atoms. The molecule has 0 radical (unpaired) electrons. The first-order chi connectivity index (χ1) is 29.7. The Morgan fingerprint density at radius 1 is 0.429 bits per heavy atom. The second kappa shape index (κ2) is 15.2. The summed E-state index contributed by atoms with van der Waals surface area (Å²) in [6, 6.07) is 51.0. The lowest BCUT2D eigenvalue weighted by Gasteiger charge is -2.29. The number of hydrogen-bond donors (Lipinski definition) is 0. The third-order valence-corrected chi connectivity index (χ3v) is 12.7. The minimum absolute atomic E-state index is 0.00444. The summed E-state index contributed by atoms with van der Waals surface area (Å²) in [6.45, 7) is 28.1. The monoisotopic (exact) mass is 830 g/mol. The Morgan fingerprint density at radius 2 is 1.08 bits per heavy atom. The van der Waals surface area contributed by atoms with E-state index in [0.717, 1.165) is 39.7 Å². The number of fused-ring (bicyclic) bond motifs is 4. The van der Waals surface area contributed by atoms with Crippen LogP contribution in [-0.4, -0.2) is 16.2 Å². The fourth-order valence-electron chi connectivity index (χ4n) is 8.78. The van der Waals surface area contributed by atoms with E-state index in [9.17, 15) is 0 Å². The van der Waals surface area contributed by atoms with Crippen LogP contribution in [0.15, 0.2) is 146 Å². The summed E-state index contributed by atoms with van der Waals surface area (Å²) in [5.74, 6) is 2.46. The van der Waals surface area contributed by atoms with Crippen LogP contribution in [-0.2, 0) is 21.7 Å². The van der Waals surface area contributed by atoms with Gasteiger partial charge in [0, 0.05) is 40.5 Å². The topological polar surface area (TPSA) is 33.5 Å². The highest BCUT2D eigenvalue weighted by Gasteiger charge is 2.31. The van der Waals surface area contributed by atoms with E-state index in [1.54, 1.807) is 0 Å². The second-order valence-electron chi connectivity index (χ2n) is 21.6. The van der Waals surface area contributed by atoms with E-state index in [0.29, 0.717) is 6.67 Å². The predicted molar refractivity (Wildman–Crippen MR) is 267 cm³/mol. The SMILES string of the molecule is CC(C)(C)c1cc(N2CN(c3cccc(Oc4ccc5c6cc(C(C)(C)C)ccc6n(-c6cc(C(C)(C)C)ccn6)c5c4)c3)c3ccc(-c4ccccc4)cc32)cc(C(C)(C)C)c1. The highest BCUT2D eigenvalue weighted by Crippen LogP contribution is 2.48. The van der Waals surface area contributed by atoms with E-state index in [1.165, 1.54) is 55.5 Å². The summed E-state index contributed by atoms with van der Waals surface area (Å²) in [7, 11) is 0. The van der Waals surface area contributed by atoms with Crippen molar-refractivity contribution in [3.05, 3.63) is 168 Å². The first kappa shape index (κ1) is 42.0. The molecular weight excluding hydrogens is 769 g/mol. The van der Waals surface area contributed by atoms with Crippen molar-refractivity contribution in [2.75, 3.05) is 16.5 Å². The van der Waals surface area contributed by atoms with Gasteiger partial charge in [0.15, 0.2) is 0 Å². The summed E-state index contributed by atoms with van der Waals surface area (Å²) >= 11 is 0. The lowest BCUT2D eigenvalue weighted by atomic mass is 9.80. The zero-order valence-corrected chi connectivity index (χ0v) is 39.3. The summed E-state index contributed by atoms with van der Waals surface area (Å²) in [5, 5.41) is 2.39. The van der Waals surface area contributed by atoms with Crippen molar-refractivity contribution < 1.29 is 4.74 Å². The number of pyridine rings is 1. The van der Waals surface area contributed by atoms with Gasteiger partial charge in [-0.25, -0.2) is 4.98 Å². The van der Waals surface area contributed by atoms with Gasteiger partial charge in [-0.05, 0) is 128 Å². The Labute approximate surface area is 375 Å². The van der Waals surface area contributed by atoms with Gasteiger partial charge in [0.1, 0.15) is 24.0 Å². The highest BCUT2D eigenvalue weighted by molar-refractivity contribution is 6.10. The van der Waals surface area contributed by atoms with Gasteiger partial charge in [-0.15, -0.1) is 0 Å². The number of aromatic nitrogens is 2. The minimum Gasteiger partial charge on any atom is -0.457 e. The molecule has 320 valence electrons. The van der Waals surface area contributed by atoms with Gasteiger partial charge in [0.25, 0.3) is 0 Å². The van der Waals surface area contributed by atoms with Crippen LogP contribution < -0.4 is 14.5 Å². The summed E-state index contributed by atoms with van der Waals surface area (Å²) in [5.41, 5.74) is 14.4. The van der Waals surface area contributed by atoms with Crippen LogP contribution in [0.25, 0.3) is 38.8 Å². The van der Waals surface area contributed by atoms with Crippen LogP contribution in [0, 0.1) is 0 Å². The molecule has 0 unspecified atom stereocenters. The number of benzene rings is 6. The summed E-state index contributed by atoms with van der Waals surface area (Å²) in [6.07, 6.45) is 1.94. The Morgan fingerprint density at radius 3 is 1.76 bits per heavy atom. The molecule has 0 amide bonds. The van der Waals surface area contributed by atoms with Gasteiger partial charge in [-0.3, -0.25) is 4.57 Å². The molecule has 2 aromatic heterocycles. The molecule has 5 nitrogen and oxygen atoms in total. The number of anilines is 4. The molecule has 0 spiro atoms. The molecular formula is C58H62N4O. The van der Waals surface area contributed by atoms with Crippen molar-refractivity contribution in [1.82, 2.24) is 9.55 Å². The van der Waals surface area contributed by atoms with Crippen molar-refractivity contribution in [1.29, 1.82) is 0 Å². The van der Waals surface area contributed by atoms with Crippen molar-refractivity contribution in [2.24, 2.45) is 0 Å². The molecule has 1 aliphatic heterocycles. The Balaban J connectivity index is 1.13. The molecule has 0 N–H and O–H groups in total. The van der Waals surface area contributed by atoms with Crippen LogP contribution in [0.5, 0.6) is 11.5 Å². The molecule has 0 saturated carbocycles. The number of ether oxygens (including phenoxy) is 1. The van der Waals surface area contributed by atoms with Crippen LogP contribution in [0.1, 0.15) is 105 Å². The van der Waals surface area contributed by atoms with E-state index >= 15 is 0 Å². The first-order valence-corrected chi connectivity index (χ1v) is 22.5. The quantitative estimate of drug-likeness (QED) is 0.167. The van der Waals surface area contributed by atoms with Gasteiger partial charge in [-0.1, -0.05) is 138 Å². The van der Waals surface area contributed by atoms with Crippen LogP contribution in [0.3, 0.4) is 0 Å². The number of nitrogens with zero attached hydrogens (tertiary/aromatic N) is 4. The summed E-state index contributed by atoms with van der Waals surface area (Å²) in [4.78, 5) is 9.85. The van der Waals surface area contributed by atoms with Gasteiger partial charge >= 0.3 is 0 Å². The molecule has 9 rings (SSSR count). The van der Waals surface area contributed by atoms with Gasteiger partial charge in [-0.2, -0.15) is 0 Å². The molecule has 0 fully saturated rings. The lowest BCUT2D eigenvalue weighted by Crippen LogP contribution is -2.25. The van der Waals surface area contributed by atoms with Crippen molar-refractivity contribution in [3.63, 3.8) is 0 Å². The van der Waals surface area contributed by atoms with Gasteiger partial charge in [0.05, 0.1) is 22.4 Å². The fourth-order valence-corrected chi connectivity index (χ4v) is 8.78. The Kier molecular flexibility index (Phi) is 10.1. The maximum Gasteiger partial charge on any atom is 0.137 e. The number of hydrogen-bond acceptors (Lipinski definition) is 4. The molecule has 1 aliphatic rings. The number of rotatable bonds is 6. The first-order valence-electron chi connectivity index (χ1n) is 22.5. The van der Waals surface area contributed by atoms with Crippen LogP contribution >= 0.6 is 0 Å². The summed E-state index contributed by atoms with van der Waals surface area (Å²) < 4.78 is 9.14. The van der Waals surface area contributed by atoms with E-state index in [1.807, 2.05) is 6.20 Å².